The average molecular weight is 490 g/mol. The zero-order chi connectivity index (χ0) is 25.1. The number of likely N-dealkylation sites (tertiary alicyclic amines) is 1. The third-order valence-electron chi connectivity index (χ3n) is 6.91. The predicted octanol–water partition coefficient (Wildman–Crippen LogP) is 3.89. The van der Waals surface area contributed by atoms with E-state index in [4.69, 9.17) is 14.2 Å². The van der Waals surface area contributed by atoms with E-state index in [0.717, 1.165) is 48.0 Å². The van der Waals surface area contributed by atoms with E-state index in [1.165, 1.54) is 0 Å². The highest BCUT2D eigenvalue weighted by molar-refractivity contribution is 5.93. The Morgan fingerprint density at radius 3 is 2.56 bits per heavy atom. The summed E-state index contributed by atoms with van der Waals surface area (Å²) in [6.45, 7) is 2.55. The minimum Gasteiger partial charge on any atom is -0.497 e. The van der Waals surface area contributed by atoms with Crippen LogP contribution < -0.4 is 19.5 Å². The molecule has 0 bridgehead atoms. The van der Waals surface area contributed by atoms with E-state index in [-0.39, 0.29) is 24.5 Å². The van der Waals surface area contributed by atoms with Crippen LogP contribution >= 0.6 is 0 Å². The van der Waals surface area contributed by atoms with E-state index >= 15 is 0 Å². The summed E-state index contributed by atoms with van der Waals surface area (Å²) < 4.78 is 16.0. The fourth-order valence-electron chi connectivity index (χ4n) is 4.74. The molecule has 2 amide bonds. The quantitative estimate of drug-likeness (QED) is 0.543. The molecule has 188 valence electrons. The fourth-order valence-corrected chi connectivity index (χ4v) is 4.74. The fraction of sp³-hybridized carbons (Fsp3) is 0.357. The monoisotopic (exact) mass is 489 g/mol. The maximum absolute atomic E-state index is 12.9. The number of nitrogens with zero attached hydrogens (tertiary/aromatic N) is 2. The second-order valence-electron chi connectivity index (χ2n) is 9.40. The SMILES string of the molecule is COc1ccc2cc(CN(C)C(=O)CN3CCC(C(=O)Nc4ccc5c(c4)OCO5)CC3)ccc2c1. The van der Waals surface area contributed by atoms with Crippen LogP contribution in [0.5, 0.6) is 17.2 Å². The largest absolute Gasteiger partial charge is 0.497 e. The Hall–Kier alpha value is -3.78. The lowest BCUT2D eigenvalue weighted by atomic mass is 9.95. The van der Waals surface area contributed by atoms with E-state index in [1.54, 1.807) is 24.1 Å². The van der Waals surface area contributed by atoms with E-state index in [1.807, 2.05) is 31.3 Å². The van der Waals surface area contributed by atoms with Crippen LogP contribution in [0.2, 0.25) is 0 Å². The van der Waals surface area contributed by atoms with Crippen molar-refractivity contribution in [2.24, 2.45) is 5.92 Å². The molecule has 0 atom stereocenters. The Balaban J connectivity index is 1.09. The zero-order valence-corrected chi connectivity index (χ0v) is 20.7. The number of piperidine rings is 1. The first kappa shape index (κ1) is 23.9. The molecule has 1 N–H and O–H groups in total. The van der Waals surface area contributed by atoms with Gasteiger partial charge < -0.3 is 24.4 Å². The van der Waals surface area contributed by atoms with Crippen LogP contribution in [-0.2, 0) is 16.1 Å². The van der Waals surface area contributed by atoms with Crippen LogP contribution in [0.1, 0.15) is 18.4 Å². The van der Waals surface area contributed by atoms with Crippen LogP contribution in [0.15, 0.2) is 54.6 Å². The van der Waals surface area contributed by atoms with Crippen LogP contribution in [0.25, 0.3) is 10.8 Å². The molecule has 8 nitrogen and oxygen atoms in total. The highest BCUT2D eigenvalue weighted by atomic mass is 16.7. The van der Waals surface area contributed by atoms with Gasteiger partial charge >= 0.3 is 0 Å². The van der Waals surface area contributed by atoms with Crippen molar-refractivity contribution in [3.63, 3.8) is 0 Å². The molecule has 3 aromatic rings. The van der Waals surface area contributed by atoms with E-state index in [9.17, 15) is 9.59 Å². The number of fused-ring (bicyclic) bond motifs is 2. The summed E-state index contributed by atoms with van der Waals surface area (Å²) in [5.41, 5.74) is 1.79. The first-order chi connectivity index (χ1) is 17.5. The minimum absolute atomic E-state index is 0.00545. The molecule has 36 heavy (non-hydrogen) atoms. The summed E-state index contributed by atoms with van der Waals surface area (Å²) in [4.78, 5) is 29.5. The summed E-state index contributed by atoms with van der Waals surface area (Å²) in [6, 6.07) is 17.6. The van der Waals surface area contributed by atoms with Gasteiger partial charge in [-0.2, -0.15) is 0 Å². The van der Waals surface area contributed by atoms with Crippen LogP contribution in [0.3, 0.4) is 0 Å². The van der Waals surface area contributed by atoms with Crippen molar-refractivity contribution in [1.82, 2.24) is 9.80 Å². The molecule has 3 aromatic carbocycles. The lowest BCUT2D eigenvalue weighted by Crippen LogP contribution is -2.43. The van der Waals surface area contributed by atoms with Crippen molar-refractivity contribution < 1.29 is 23.8 Å². The average Bonchev–Trinajstić information content (AvgIpc) is 3.36. The Bertz CT molecular complexity index is 1270. The van der Waals surface area contributed by atoms with Crippen molar-refractivity contribution in [3.05, 3.63) is 60.2 Å². The van der Waals surface area contributed by atoms with Crippen LogP contribution in [-0.4, -0.2) is 62.2 Å². The molecule has 0 radical (unpaired) electrons. The van der Waals surface area contributed by atoms with E-state index in [2.05, 4.69) is 28.4 Å². The van der Waals surface area contributed by atoms with Gasteiger partial charge in [-0.05, 0) is 72.6 Å². The number of likely N-dealkylation sites (N-methyl/N-ethyl adjacent to an activating group) is 1. The molecule has 2 aliphatic heterocycles. The number of anilines is 1. The Labute approximate surface area is 210 Å². The maximum atomic E-state index is 12.9. The third-order valence-corrected chi connectivity index (χ3v) is 6.91. The molecule has 1 saturated heterocycles. The van der Waals surface area contributed by atoms with Gasteiger partial charge in [-0.1, -0.05) is 18.2 Å². The van der Waals surface area contributed by atoms with Gasteiger partial charge in [0.05, 0.1) is 13.7 Å². The molecule has 1 fully saturated rings. The normalized spacial score (nSPS) is 15.6. The van der Waals surface area contributed by atoms with Crippen molar-refractivity contribution >= 4 is 28.3 Å². The van der Waals surface area contributed by atoms with Gasteiger partial charge in [0.1, 0.15) is 5.75 Å². The number of hydrogen-bond acceptors (Lipinski definition) is 6. The highest BCUT2D eigenvalue weighted by Crippen LogP contribution is 2.34. The maximum Gasteiger partial charge on any atom is 0.236 e. The summed E-state index contributed by atoms with van der Waals surface area (Å²) in [5, 5.41) is 5.22. The first-order valence-electron chi connectivity index (χ1n) is 12.2. The molecule has 0 spiro atoms. The number of carbonyl (C=O) groups is 2. The number of ether oxygens (including phenoxy) is 3. The highest BCUT2D eigenvalue weighted by Gasteiger charge is 2.27. The van der Waals surface area contributed by atoms with Crippen molar-refractivity contribution in [2.45, 2.75) is 19.4 Å². The lowest BCUT2D eigenvalue weighted by molar-refractivity contribution is -0.132. The minimum atomic E-state index is -0.0734. The van der Waals surface area contributed by atoms with Crippen molar-refractivity contribution in [2.75, 3.05) is 45.9 Å². The molecule has 8 heteroatoms. The zero-order valence-electron chi connectivity index (χ0n) is 20.7. The summed E-state index contributed by atoms with van der Waals surface area (Å²) >= 11 is 0. The van der Waals surface area contributed by atoms with Crippen molar-refractivity contribution in [1.29, 1.82) is 0 Å². The Kier molecular flexibility index (Phi) is 6.95. The summed E-state index contributed by atoms with van der Waals surface area (Å²) in [5.74, 6) is 2.18. The number of nitrogens with one attached hydrogen (secondary N) is 1. The Morgan fingerprint density at radius 1 is 1.00 bits per heavy atom. The smallest absolute Gasteiger partial charge is 0.236 e. The lowest BCUT2D eigenvalue weighted by Gasteiger charge is -2.32. The van der Waals surface area contributed by atoms with Gasteiger partial charge in [0, 0.05) is 31.3 Å². The Morgan fingerprint density at radius 2 is 1.75 bits per heavy atom. The topological polar surface area (TPSA) is 80.3 Å². The van der Waals surface area contributed by atoms with Gasteiger partial charge in [-0.3, -0.25) is 14.5 Å². The number of rotatable bonds is 7. The molecule has 0 aliphatic carbocycles. The standard InChI is InChI=1S/C28H31N3O5/c1-30(16-19-3-4-22-14-24(34-2)7-5-21(22)13-19)27(32)17-31-11-9-20(10-12-31)28(33)29-23-6-8-25-26(15-23)36-18-35-25/h3-8,13-15,20H,9-12,16-18H2,1-2H3,(H,29,33). The van der Waals surface area contributed by atoms with Crippen LogP contribution in [0.4, 0.5) is 5.69 Å². The number of hydrogen-bond donors (Lipinski definition) is 1. The second kappa shape index (κ2) is 10.5. The molecule has 2 aliphatic rings. The summed E-state index contributed by atoms with van der Waals surface area (Å²) in [7, 11) is 3.50. The molecule has 5 rings (SSSR count). The summed E-state index contributed by atoms with van der Waals surface area (Å²) in [6.07, 6.45) is 1.45. The van der Waals surface area contributed by atoms with Gasteiger partial charge in [-0.25, -0.2) is 0 Å². The van der Waals surface area contributed by atoms with E-state index < -0.39 is 0 Å². The first-order valence-corrected chi connectivity index (χ1v) is 12.2. The second-order valence-corrected chi connectivity index (χ2v) is 9.40. The van der Waals surface area contributed by atoms with Crippen LogP contribution in [0, 0.1) is 5.92 Å². The van der Waals surface area contributed by atoms with Gasteiger partial charge in [0.25, 0.3) is 0 Å². The van der Waals surface area contributed by atoms with E-state index in [0.29, 0.717) is 30.3 Å². The molecule has 2 heterocycles. The molecule has 0 aromatic heterocycles. The number of methoxy groups -OCH3 is 1. The number of benzene rings is 3. The number of carbonyl (C=O) groups excluding carboxylic acids is 2. The number of amides is 2. The molecular weight excluding hydrogens is 458 g/mol. The predicted molar refractivity (Wildman–Crippen MR) is 137 cm³/mol. The van der Waals surface area contributed by atoms with Gasteiger partial charge in [0.2, 0.25) is 18.6 Å². The van der Waals surface area contributed by atoms with Crippen molar-refractivity contribution in [3.8, 4) is 17.2 Å². The van der Waals surface area contributed by atoms with Gasteiger partial charge in [0.15, 0.2) is 11.5 Å². The van der Waals surface area contributed by atoms with Gasteiger partial charge in [-0.15, -0.1) is 0 Å². The molecule has 0 saturated carbocycles. The molecule has 0 unspecified atom stereocenters. The molecular formula is C28H31N3O5. The third kappa shape index (κ3) is 5.39.